The molecular formula is C12H14N6. The van der Waals surface area contributed by atoms with Gasteiger partial charge in [-0.2, -0.15) is 4.99 Å². The summed E-state index contributed by atoms with van der Waals surface area (Å²) in [5, 5.41) is 1.98. The number of hydrogen-bond donors (Lipinski definition) is 3. The van der Waals surface area contributed by atoms with Crippen LogP contribution in [-0.2, 0) is 0 Å². The maximum atomic E-state index is 5.63. The molecule has 6 N–H and O–H groups in total. The third kappa shape index (κ3) is 2.37. The molecule has 18 heavy (non-hydrogen) atoms. The number of aryl methyl sites for hydroxylation is 1. The Bertz CT molecular complexity index is 635. The highest BCUT2D eigenvalue weighted by atomic mass is 15.1. The fraction of sp³-hybridized carbons (Fsp3) is 0.0833. The van der Waals surface area contributed by atoms with Crippen molar-refractivity contribution in [2.75, 3.05) is 0 Å². The Morgan fingerprint density at radius 3 is 2.67 bits per heavy atom. The Morgan fingerprint density at radius 2 is 1.94 bits per heavy atom. The molecular weight excluding hydrogens is 228 g/mol. The van der Waals surface area contributed by atoms with Crippen molar-refractivity contribution in [3.05, 3.63) is 36.2 Å². The lowest BCUT2D eigenvalue weighted by atomic mass is 10.1. The summed E-state index contributed by atoms with van der Waals surface area (Å²) in [4.78, 5) is 12.0. The zero-order valence-electron chi connectivity index (χ0n) is 9.96. The second-order valence-electron chi connectivity index (χ2n) is 3.84. The van der Waals surface area contributed by atoms with Gasteiger partial charge in [0, 0.05) is 23.2 Å². The third-order valence-corrected chi connectivity index (χ3v) is 2.43. The molecule has 6 heteroatoms. The number of guanidine groups is 2. The van der Waals surface area contributed by atoms with Crippen molar-refractivity contribution in [3.8, 4) is 0 Å². The molecule has 0 fully saturated rings. The van der Waals surface area contributed by atoms with E-state index in [4.69, 9.17) is 17.2 Å². The predicted octanol–water partition coefficient (Wildman–Crippen LogP) is 0.763. The highest BCUT2D eigenvalue weighted by molar-refractivity contribution is 5.99. The molecule has 0 spiro atoms. The first-order valence-corrected chi connectivity index (χ1v) is 5.35. The van der Waals surface area contributed by atoms with Crippen LogP contribution >= 0.6 is 0 Å². The van der Waals surface area contributed by atoms with Crippen LogP contribution in [0.4, 0.5) is 5.69 Å². The van der Waals surface area contributed by atoms with Crippen molar-refractivity contribution in [1.82, 2.24) is 4.98 Å². The SMILES string of the molecule is Cc1cncc2cccc(N=C(N)N=C(N)N)c12. The summed E-state index contributed by atoms with van der Waals surface area (Å²) in [6, 6.07) is 5.70. The van der Waals surface area contributed by atoms with Gasteiger partial charge in [-0.05, 0) is 18.6 Å². The first-order valence-electron chi connectivity index (χ1n) is 5.35. The number of aromatic nitrogens is 1. The van der Waals surface area contributed by atoms with Gasteiger partial charge in [0.05, 0.1) is 5.69 Å². The second kappa shape index (κ2) is 4.70. The van der Waals surface area contributed by atoms with Crippen molar-refractivity contribution in [3.63, 3.8) is 0 Å². The van der Waals surface area contributed by atoms with Gasteiger partial charge in [-0.3, -0.25) is 4.98 Å². The molecule has 92 valence electrons. The zero-order valence-corrected chi connectivity index (χ0v) is 9.96. The molecule has 0 aliphatic heterocycles. The zero-order chi connectivity index (χ0) is 13.1. The molecule has 0 unspecified atom stereocenters. The van der Waals surface area contributed by atoms with Crippen LogP contribution in [0, 0.1) is 6.92 Å². The van der Waals surface area contributed by atoms with E-state index in [1.807, 2.05) is 25.1 Å². The Hall–Kier alpha value is -2.63. The van der Waals surface area contributed by atoms with E-state index < -0.39 is 0 Å². The molecule has 0 aliphatic rings. The number of fused-ring (bicyclic) bond motifs is 1. The van der Waals surface area contributed by atoms with Crippen LogP contribution in [0.1, 0.15) is 5.56 Å². The lowest BCUT2D eigenvalue weighted by Gasteiger charge is -2.05. The first kappa shape index (κ1) is 11.8. The van der Waals surface area contributed by atoms with Crippen molar-refractivity contribution in [1.29, 1.82) is 0 Å². The number of benzene rings is 1. The molecule has 0 radical (unpaired) electrons. The highest BCUT2D eigenvalue weighted by Gasteiger charge is 2.03. The summed E-state index contributed by atoms with van der Waals surface area (Å²) in [6.45, 7) is 1.96. The van der Waals surface area contributed by atoms with Crippen molar-refractivity contribution >= 4 is 28.4 Å². The van der Waals surface area contributed by atoms with E-state index in [-0.39, 0.29) is 11.9 Å². The summed E-state index contributed by atoms with van der Waals surface area (Å²) in [5.41, 5.74) is 17.9. The van der Waals surface area contributed by atoms with E-state index in [0.29, 0.717) is 0 Å². The van der Waals surface area contributed by atoms with Crippen LogP contribution in [0.5, 0.6) is 0 Å². The summed E-state index contributed by atoms with van der Waals surface area (Å²) < 4.78 is 0. The van der Waals surface area contributed by atoms with Gasteiger partial charge in [-0.15, -0.1) is 0 Å². The lowest BCUT2D eigenvalue weighted by molar-refractivity contribution is 1.30. The number of pyridine rings is 1. The van der Waals surface area contributed by atoms with Gasteiger partial charge in [-0.1, -0.05) is 12.1 Å². The molecule has 0 bridgehead atoms. The molecule has 1 aromatic carbocycles. The number of aliphatic imine (C=N–C) groups is 2. The van der Waals surface area contributed by atoms with Crippen LogP contribution in [0.15, 0.2) is 40.6 Å². The number of rotatable bonds is 1. The van der Waals surface area contributed by atoms with Crippen molar-refractivity contribution < 1.29 is 0 Å². The van der Waals surface area contributed by atoms with Gasteiger partial charge < -0.3 is 17.2 Å². The van der Waals surface area contributed by atoms with Gasteiger partial charge in [0.1, 0.15) is 0 Å². The van der Waals surface area contributed by atoms with Crippen LogP contribution in [0.2, 0.25) is 0 Å². The summed E-state index contributed by atoms with van der Waals surface area (Å²) in [6.07, 6.45) is 3.55. The molecule has 0 saturated carbocycles. The molecule has 6 nitrogen and oxygen atoms in total. The fourth-order valence-electron chi connectivity index (χ4n) is 1.76. The smallest absolute Gasteiger partial charge is 0.223 e. The molecule has 2 aromatic rings. The molecule has 1 heterocycles. The average molecular weight is 242 g/mol. The monoisotopic (exact) mass is 242 g/mol. The molecule has 1 aromatic heterocycles. The maximum Gasteiger partial charge on any atom is 0.223 e. The van der Waals surface area contributed by atoms with Gasteiger partial charge in [0.2, 0.25) is 5.96 Å². The van der Waals surface area contributed by atoms with Crippen molar-refractivity contribution in [2.24, 2.45) is 27.2 Å². The first-order chi connectivity index (χ1) is 8.58. The topological polar surface area (TPSA) is 116 Å². The van der Waals surface area contributed by atoms with E-state index >= 15 is 0 Å². The number of nitrogens with zero attached hydrogens (tertiary/aromatic N) is 3. The molecule has 2 rings (SSSR count). The molecule has 0 amide bonds. The van der Waals surface area contributed by atoms with E-state index in [1.54, 1.807) is 12.4 Å². The predicted molar refractivity (Wildman–Crippen MR) is 73.6 cm³/mol. The molecule has 0 atom stereocenters. The van der Waals surface area contributed by atoms with Crippen LogP contribution < -0.4 is 17.2 Å². The van der Waals surface area contributed by atoms with Gasteiger partial charge >= 0.3 is 0 Å². The minimum Gasteiger partial charge on any atom is -0.370 e. The second-order valence-corrected chi connectivity index (χ2v) is 3.84. The lowest BCUT2D eigenvalue weighted by Crippen LogP contribution is -2.26. The van der Waals surface area contributed by atoms with Gasteiger partial charge in [0.25, 0.3) is 0 Å². The third-order valence-electron chi connectivity index (χ3n) is 2.43. The van der Waals surface area contributed by atoms with Crippen LogP contribution in [0.3, 0.4) is 0 Å². The Balaban J connectivity index is 2.62. The minimum atomic E-state index is -0.116. The maximum absolute atomic E-state index is 5.63. The number of nitrogens with two attached hydrogens (primary N) is 3. The van der Waals surface area contributed by atoms with Gasteiger partial charge in [-0.25, -0.2) is 4.99 Å². The van der Waals surface area contributed by atoms with Crippen LogP contribution in [-0.4, -0.2) is 16.9 Å². The van der Waals surface area contributed by atoms with Crippen LogP contribution in [0.25, 0.3) is 10.8 Å². The fourth-order valence-corrected chi connectivity index (χ4v) is 1.76. The normalized spacial score (nSPS) is 11.5. The Labute approximate surface area is 104 Å². The largest absolute Gasteiger partial charge is 0.370 e. The van der Waals surface area contributed by atoms with E-state index in [1.165, 1.54) is 0 Å². The minimum absolute atomic E-state index is 0.0266. The average Bonchev–Trinajstić information content (AvgIpc) is 2.28. The summed E-state index contributed by atoms with van der Waals surface area (Å²) in [7, 11) is 0. The molecule has 0 aliphatic carbocycles. The van der Waals surface area contributed by atoms with E-state index in [2.05, 4.69) is 15.0 Å². The van der Waals surface area contributed by atoms with Crippen molar-refractivity contribution in [2.45, 2.75) is 6.92 Å². The van der Waals surface area contributed by atoms with E-state index in [9.17, 15) is 0 Å². The summed E-state index contributed by atoms with van der Waals surface area (Å²) >= 11 is 0. The Morgan fingerprint density at radius 1 is 1.17 bits per heavy atom. The standard InChI is InChI=1S/C12H14N6/c1-7-5-16-6-8-3-2-4-9(10(7)8)17-12(15)18-11(13)14/h2-6H,1H3,(H6,13,14,15,17,18). The number of hydrogen-bond acceptors (Lipinski definition) is 2. The summed E-state index contributed by atoms with van der Waals surface area (Å²) in [5.74, 6) is -0.0893. The van der Waals surface area contributed by atoms with Gasteiger partial charge in [0.15, 0.2) is 5.96 Å². The Kier molecular flexibility index (Phi) is 3.09. The van der Waals surface area contributed by atoms with E-state index in [0.717, 1.165) is 22.0 Å². The molecule has 0 saturated heterocycles. The quantitative estimate of drug-likeness (QED) is 0.505. The highest BCUT2D eigenvalue weighted by Crippen LogP contribution is 2.27.